The fourth-order valence-corrected chi connectivity index (χ4v) is 4.78. The van der Waals surface area contributed by atoms with Gasteiger partial charge in [0.15, 0.2) is 5.82 Å². The molecule has 1 aromatic heterocycles. The van der Waals surface area contributed by atoms with Gasteiger partial charge in [-0.3, -0.25) is 19.4 Å². The third kappa shape index (κ3) is 4.69. The van der Waals surface area contributed by atoms with Crippen molar-refractivity contribution in [3.63, 3.8) is 0 Å². The number of piperidine rings is 1. The highest BCUT2D eigenvalue weighted by Gasteiger charge is 2.31. The number of anilines is 3. The largest absolute Gasteiger partial charge is 0.319 e. The van der Waals surface area contributed by atoms with Crippen LogP contribution in [0, 0.1) is 0 Å². The van der Waals surface area contributed by atoms with Crippen molar-refractivity contribution in [2.45, 2.75) is 45.6 Å². The lowest BCUT2D eigenvalue weighted by molar-refractivity contribution is -0.118. The Morgan fingerprint density at radius 3 is 2.78 bits per heavy atom. The molecular formula is C25H33N5O2. The number of aromatic nitrogens is 1. The number of nitrogens with zero attached hydrogens (tertiary/aromatic N) is 4. The van der Waals surface area contributed by atoms with E-state index in [9.17, 15) is 9.59 Å². The van der Waals surface area contributed by atoms with Crippen molar-refractivity contribution in [3.8, 4) is 0 Å². The fourth-order valence-electron chi connectivity index (χ4n) is 4.78. The highest BCUT2D eigenvalue weighted by molar-refractivity contribution is 6.17. The Morgan fingerprint density at radius 2 is 1.97 bits per heavy atom. The molecule has 32 heavy (non-hydrogen) atoms. The van der Waals surface area contributed by atoms with Crippen molar-refractivity contribution in [2.75, 3.05) is 42.9 Å². The Labute approximate surface area is 190 Å². The quantitative estimate of drug-likeness (QED) is 0.714. The molecule has 3 heterocycles. The van der Waals surface area contributed by atoms with E-state index in [-0.39, 0.29) is 11.8 Å². The normalized spacial score (nSPS) is 18.7. The zero-order valence-corrected chi connectivity index (χ0v) is 19.1. The average Bonchev–Trinajstić information content (AvgIpc) is 2.95. The van der Waals surface area contributed by atoms with Crippen LogP contribution in [0.3, 0.4) is 0 Å². The average molecular weight is 436 g/mol. The van der Waals surface area contributed by atoms with Gasteiger partial charge in [-0.2, -0.15) is 0 Å². The first-order valence-electron chi connectivity index (χ1n) is 11.8. The second kappa shape index (κ2) is 10.2. The van der Waals surface area contributed by atoms with Crippen molar-refractivity contribution in [3.05, 3.63) is 48.2 Å². The summed E-state index contributed by atoms with van der Waals surface area (Å²) in [5, 5.41) is 2.90. The first-order valence-corrected chi connectivity index (χ1v) is 11.8. The molecule has 2 aromatic rings. The van der Waals surface area contributed by atoms with Crippen molar-refractivity contribution in [2.24, 2.45) is 0 Å². The maximum atomic E-state index is 13.6. The SMILES string of the molecule is CCN(CC)CC1CCCCN1CCC(=O)N1c2ccccc2C(=O)Nc2cccnc21. The number of likely N-dealkylation sites (N-methyl/N-ethyl adjacent to an activating group) is 1. The van der Waals surface area contributed by atoms with Crippen LogP contribution < -0.4 is 10.2 Å². The molecule has 2 aliphatic rings. The van der Waals surface area contributed by atoms with Crippen LogP contribution in [0.25, 0.3) is 0 Å². The number of hydrogen-bond acceptors (Lipinski definition) is 5. The van der Waals surface area contributed by atoms with E-state index in [1.165, 1.54) is 19.3 Å². The fraction of sp³-hybridized carbons (Fsp3) is 0.480. The Bertz CT molecular complexity index is 959. The van der Waals surface area contributed by atoms with Crippen LogP contribution in [-0.2, 0) is 4.79 Å². The number of pyridine rings is 1. The number of nitrogens with one attached hydrogen (secondary N) is 1. The molecule has 0 bridgehead atoms. The summed E-state index contributed by atoms with van der Waals surface area (Å²) in [7, 11) is 0. The number of likely N-dealkylation sites (tertiary alicyclic amines) is 1. The van der Waals surface area contributed by atoms with Crippen LogP contribution in [0.5, 0.6) is 0 Å². The lowest BCUT2D eigenvalue weighted by Crippen LogP contribution is -2.47. The van der Waals surface area contributed by atoms with E-state index in [0.29, 0.717) is 41.8 Å². The molecule has 4 rings (SSSR count). The lowest BCUT2D eigenvalue weighted by atomic mass is 10.0. The molecule has 1 N–H and O–H groups in total. The molecule has 0 aliphatic carbocycles. The molecule has 0 radical (unpaired) electrons. The first-order chi connectivity index (χ1) is 15.6. The lowest BCUT2D eigenvalue weighted by Gasteiger charge is -2.38. The van der Waals surface area contributed by atoms with E-state index in [0.717, 1.165) is 26.2 Å². The number of para-hydroxylation sites is 1. The van der Waals surface area contributed by atoms with Gasteiger partial charge in [-0.05, 0) is 56.7 Å². The van der Waals surface area contributed by atoms with Gasteiger partial charge in [-0.15, -0.1) is 0 Å². The molecule has 2 amide bonds. The predicted molar refractivity (Wildman–Crippen MR) is 127 cm³/mol. The molecular weight excluding hydrogens is 402 g/mol. The van der Waals surface area contributed by atoms with E-state index in [1.54, 1.807) is 29.3 Å². The van der Waals surface area contributed by atoms with Crippen LogP contribution in [0.4, 0.5) is 17.2 Å². The number of carbonyl (C=O) groups is 2. The Kier molecular flexibility index (Phi) is 7.17. The highest BCUT2D eigenvalue weighted by atomic mass is 16.2. The maximum absolute atomic E-state index is 13.6. The van der Waals surface area contributed by atoms with Gasteiger partial charge in [-0.25, -0.2) is 4.98 Å². The van der Waals surface area contributed by atoms with E-state index >= 15 is 0 Å². The smallest absolute Gasteiger partial charge is 0.257 e. The summed E-state index contributed by atoms with van der Waals surface area (Å²) in [6, 6.07) is 11.3. The van der Waals surface area contributed by atoms with Crippen molar-refractivity contribution < 1.29 is 9.59 Å². The molecule has 1 atom stereocenters. The van der Waals surface area contributed by atoms with Crippen LogP contribution >= 0.6 is 0 Å². The van der Waals surface area contributed by atoms with Crippen LogP contribution in [0.1, 0.15) is 49.9 Å². The topological polar surface area (TPSA) is 68.8 Å². The highest BCUT2D eigenvalue weighted by Crippen LogP contribution is 2.36. The monoisotopic (exact) mass is 435 g/mol. The minimum absolute atomic E-state index is 0.0407. The third-order valence-electron chi connectivity index (χ3n) is 6.61. The minimum atomic E-state index is -0.222. The Balaban J connectivity index is 1.55. The summed E-state index contributed by atoms with van der Waals surface area (Å²) < 4.78 is 0. The molecule has 2 aliphatic heterocycles. The number of amides is 2. The molecule has 0 saturated carbocycles. The van der Waals surface area contributed by atoms with Gasteiger partial charge in [0.2, 0.25) is 5.91 Å². The third-order valence-corrected chi connectivity index (χ3v) is 6.61. The standard InChI is InChI=1S/C25H33N5O2/c1-3-28(4-2)18-19-10-7-8-16-29(19)17-14-23(31)30-22-13-6-5-11-20(22)25(32)27-21-12-9-15-26-24(21)30/h5-6,9,11-13,15,19H,3-4,7-8,10,14,16-18H2,1-2H3,(H,27,32). The summed E-state index contributed by atoms with van der Waals surface area (Å²) >= 11 is 0. The molecule has 1 saturated heterocycles. The first kappa shape index (κ1) is 22.4. The molecule has 7 heteroatoms. The second-order valence-electron chi connectivity index (χ2n) is 8.50. The van der Waals surface area contributed by atoms with Gasteiger partial charge in [0.1, 0.15) is 0 Å². The predicted octanol–water partition coefficient (Wildman–Crippen LogP) is 3.90. The number of fused-ring (bicyclic) bond motifs is 2. The molecule has 1 unspecified atom stereocenters. The maximum Gasteiger partial charge on any atom is 0.257 e. The van der Waals surface area contributed by atoms with Gasteiger partial charge in [-0.1, -0.05) is 32.4 Å². The van der Waals surface area contributed by atoms with Crippen LogP contribution in [-0.4, -0.2) is 65.4 Å². The molecule has 170 valence electrons. The van der Waals surface area contributed by atoms with Crippen molar-refractivity contribution in [1.82, 2.24) is 14.8 Å². The summed E-state index contributed by atoms with van der Waals surface area (Å²) in [6.07, 6.45) is 5.65. The van der Waals surface area contributed by atoms with Crippen molar-refractivity contribution >= 4 is 29.0 Å². The number of rotatable bonds is 7. The van der Waals surface area contributed by atoms with Gasteiger partial charge in [0, 0.05) is 31.7 Å². The molecule has 7 nitrogen and oxygen atoms in total. The van der Waals surface area contributed by atoms with Crippen molar-refractivity contribution in [1.29, 1.82) is 0 Å². The van der Waals surface area contributed by atoms with E-state index < -0.39 is 0 Å². The molecule has 1 fully saturated rings. The molecule has 0 spiro atoms. The minimum Gasteiger partial charge on any atom is -0.319 e. The van der Waals surface area contributed by atoms with E-state index in [2.05, 4.69) is 33.9 Å². The van der Waals surface area contributed by atoms with Gasteiger partial charge >= 0.3 is 0 Å². The Morgan fingerprint density at radius 1 is 1.16 bits per heavy atom. The van der Waals surface area contributed by atoms with Gasteiger partial charge in [0.05, 0.1) is 16.9 Å². The van der Waals surface area contributed by atoms with E-state index in [1.807, 2.05) is 18.2 Å². The van der Waals surface area contributed by atoms with Crippen LogP contribution in [0.15, 0.2) is 42.6 Å². The second-order valence-corrected chi connectivity index (χ2v) is 8.50. The Hall–Kier alpha value is -2.77. The van der Waals surface area contributed by atoms with E-state index in [4.69, 9.17) is 0 Å². The van der Waals surface area contributed by atoms with Gasteiger partial charge < -0.3 is 10.2 Å². The number of benzene rings is 1. The summed E-state index contributed by atoms with van der Waals surface area (Å²) in [5.41, 5.74) is 1.63. The number of carbonyl (C=O) groups excluding carboxylic acids is 2. The summed E-state index contributed by atoms with van der Waals surface area (Å²) in [4.78, 5) is 37.3. The summed E-state index contributed by atoms with van der Waals surface area (Å²) in [5.74, 6) is 0.218. The zero-order chi connectivity index (χ0) is 22.5. The van der Waals surface area contributed by atoms with Crippen LogP contribution in [0.2, 0.25) is 0 Å². The number of hydrogen-bond donors (Lipinski definition) is 1. The zero-order valence-electron chi connectivity index (χ0n) is 19.1. The van der Waals surface area contributed by atoms with Gasteiger partial charge in [0.25, 0.3) is 5.91 Å². The molecule has 1 aromatic carbocycles. The summed E-state index contributed by atoms with van der Waals surface area (Å²) in [6.45, 7) is 9.31.